The lowest BCUT2D eigenvalue weighted by Gasteiger charge is -2.35. The molecule has 0 aromatic heterocycles. The minimum absolute atomic E-state index is 0.140. The third kappa shape index (κ3) is 2.83. The number of anilines is 1. The van der Waals surface area contributed by atoms with Crippen LogP contribution in [0.5, 0.6) is 0 Å². The number of fused-ring (bicyclic) bond motifs is 1. The van der Waals surface area contributed by atoms with Gasteiger partial charge in [-0.1, -0.05) is 31.9 Å². The molecule has 5 heteroatoms. The number of imide groups is 1. The third-order valence-corrected chi connectivity index (χ3v) is 6.73. The molecule has 1 aromatic rings. The molecule has 4 rings (SSSR count). The van der Waals surface area contributed by atoms with Gasteiger partial charge in [0.05, 0.1) is 5.41 Å². The number of benzene rings is 1. The van der Waals surface area contributed by atoms with Gasteiger partial charge in [-0.15, -0.1) is 0 Å². The first-order chi connectivity index (χ1) is 12.5. The zero-order valence-electron chi connectivity index (χ0n) is 15.2. The van der Waals surface area contributed by atoms with Crippen LogP contribution in [0.3, 0.4) is 0 Å². The van der Waals surface area contributed by atoms with Crippen molar-refractivity contribution in [2.75, 3.05) is 5.32 Å². The van der Waals surface area contributed by atoms with Crippen LogP contribution in [0.4, 0.5) is 5.69 Å². The fraction of sp³-hybridized carbons (Fsp3) is 0.571. The van der Waals surface area contributed by atoms with Gasteiger partial charge >= 0.3 is 0 Å². The molecule has 0 bridgehead atoms. The first-order valence-corrected chi connectivity index (χ1v) is 9.81. The van der Waals surface area contributed by atoms with Crippen molar-refractivity contribution in [3.05, 3.63) is 29.8 Å². The molecule has 0 radical (unpaired) electrons. The standard InChI is InChI=1S/C21H26N2O3/c1-2-21(12-11-17(24)23-20(21)26)13-7-9-14(10-8-13)22-19(25)18-15-5-3-4-6-16(15)18/h7-10,15-16,18H,2-6,11-12H2,1H3,(H,22,25)(H,23,24,26)/t15-,16+,18?,21-/m1/s1. The monoisotopic (exact) mass is 354 g/mol. The largest absolute Gasteiger partial charge is 0.326 e. The number of hydrogen-bond acceptors (Lipinski definition) is 3. The fourth-order valence-corrected chi connectivity index (χ4v) is 5.05. The van der Waals surface area contributed by atoms with E-state index in [1.54, 1.807) is 0 Å². The molecule has 1 saturated heterocycles. The summed E-state index contributed by atoms with van der Waals surface area (Å²) in [5.41, 5.74) is 1.03. The van der Waals surface area contributed by atoms with Gasteiger partial charge in [0.25, 0.3) is 0 Å². The minimum Gasteiger partial charge on any atom is -0.326 e. The number of amides is 3. The smallest absolute Gasteiger partial charge is 0.237 e. The van der Waals surface area contributed by atoms with Gasteiger partial charge in [-0.2, -0.15) is 0 Å². The van der Waals surface area contributed by atoms with Crippen molar-refractivity contribution in [1.29, 1.82) is 0 Å². The molecule has 138 valence electrons. The van der Waals surface area contributed by atoms with Crippen LogP contribution in [0, 0.1) is 17.8 Å². The van der Waals surface area contributed by atoms with E-state index >= 15 is 0 Å². The summed E-state index contributed by atoms with van der Waals surface area (Å²) in [6.07, 6.45) is 6.42. The van der Waals surface area contributed by atoms with Crippen LogP contribution in [-0.4, -0.2) is 17.7 Å². The second kappa shape index (κ2) is 6.53. The van der Waals surface area contributed by atoms with E-state index in [1.165, 1.54) is 25.7 Å². The molecule has 4 atom stereocenters. The van der Waals surface area contributed by atoms with E-state index in [1.807, 2.05) is 31.2 Å². The van der Waals surface area contributed by atoms with Crippen LogP contribution in [0.2, 0.25) is 0 Å². The molecule has 1 unspecified atom stereocenters. The van der Waals surface area contributed by atoms with E-state index in [4.69, 9.17) is 0 Å². The van der Waals surface area contributed by atoms with Gasteiger partial charge in [0.1, 0.15) is 0 Å². The van der Waals surface area contributed by atoms with Crippen molar-refractivity contribution in [3.63, 3.8) is 0 Å². The molecular formula is C21H26N2O3. The normalized spacial score (nSPS) is 33.2. The minimum atomic E-state index is -0.651. The molecule has 0 spiro atoms. The Morgan fingerprint density at radius 2 is 1.81 bits per heavy atom. The highest BCUT2D eigenvalue weighted by molar-refractivity contribution is 6.03. The molecule has 3 amide bonds. The maximum atomic E-state index is 12.5. The van der Waals surface area contributed by atoms with Gasteiger partial charge in [0.2, 0.25) is 17.7 Å². The fourth-order valence-electron chi connectivity index (χ4n) is 5.05. The molecule has 1 aliphatic heterocycles. The number of carbonyl (C=O) groups excluding carboxylic acids is 3. The molecule has 1 heterocycles. The summed E-state index contributed by atoms with van der Waals surface area (Å²) in [6.45, 7) is 1.97. The van der Waals surface area contributed by atoms with E-state index < -0.39 is 5.41 Å². The summed E-state index contributed by atoms with van der Waals surface area (Å²) in [5.74, 6) is 1.10. The lowest BCUT2D eigenvalue weighted by Crippen LogP contribution is -2.51. The van der Waals surface area contributed by atoms with Crippen LogP contribution >= 0.6 is 0 Å². The lowest BCUT2D eigenvalue weighted by atomic mass is 9.72. The summed E-state index contributed by atoms with van der Waals surface area (Å²) in [5, 5.41) is 5.52. The summed E-state index contributed by atoms with van der Waals surface area (Å²) < 4.78 is 0. The van der Waals surface area contributed by atoms with Crippen LogP contribution in [-0.2, 0) is 19.8 Å². The van der Waals surface area contributed by atoms with E-state index in [9.17, 15) is 14.4 Å². The predicted octanol–water partition coefficient (Wildman–Crippen LogP) is 3.15. The molecular weight excluding hydrogens is 328 g/mol. The molecule has 2 aliphatic carbocycles. The summed E-state index contributed by atoms with van der Waals surface area (Å²) >= 11 is 0. The van der Waals surface area contributed by atoms with Crippen molar-refractivity contribution < 1.29 is 14.4 Å². The Morgan fingerprint density at radius 1 is 1.15 bits per heavy atom. The average molecular weight is 354 g/mol. The van der Waals surface area contributed by atoms with Crippen molar-refractivity contribution in [2.45, 2.75) is 57.3 Å². The highest BCUT2D eigenvalue weighted by atomic mass is 16.2. The molecule has 26 heavy (non-hydrogen) atoms. The van der Waals surface area contributed by atoms with Crippen LogP contribution in [0.1, 0.15) is 57.4 Å². The Hall–Kier alpha value is -2.17. The van der Waals surface area contributed by atoms with E-state index in [2.05, 4.69) is 10.6 Å². The number of carbonyl (C=O) groups is 3. The Labute approximate surface area is 153 Å². The molecule has 5 nitrogen and oxygen atoms in total. The maximum absolute atomic E-state index is 12.5. The second-order valence-corrected chi connectivity index (χ2v) is 8.02. The van der Waals surface area contributed by atoms with Crippen molar-refractivity contribution in [1.82, 2.24) is 5.32 Å². The van der Waals surface area contributed by atoms with Gasteiger partial charge < -0.3 is 5.32 Å². The molecule has 2 saturated carbocycles. The van der Waals surface area contributed by atoms with Gasteiger partial charge in [0, 0.05) is 18.0 Å². The molecule has 3 aliphatic rings. The molecule has 1 aromatic carbocycles. The predicted molar refractivity (Wildman–Crippen MR) is 98.4 cm³/mol. The SMILES string of the molecule is CC[C@]1(c2ccc(NC(=O)C3[C@H]4CCCC[C@@H]34)cc2)CCC(=O)NC1=O. The third-order valence-electron chi connectivity index (χ3n) is 6.73. The van der Waals surface area contributed by atoms with E-state index in [0.29, 0.717) is 31.1 Å². The summed E-state index contributed by atoms with van der Waals surface area (Å²) in [6, 6.07) is 7.57. The topological polar surface area (TPSA) is 75.3 Å². The molecule has 2 N–H and O–H groups in total. The van der Waals surface area contributed by atoms with Crippen molar-refractivity contribution >= 4 is 23.4 Å². The van der Waals surface area contributed by atoms with Gasteiger partial charge in [-0.25, -0.2) is 0 Å². The summed E-state index contributed by atoms with van der Waals surface area (Å²) in [4.78, 5) is 36.5. The number of rotatable bonds is 4. The Morgan fingerprint density at radius 3 is 2.38 bits per heavy atom. The Kier molecular flexibility index (Phi) is 4.33. The first-order valence-electron chi connectivity index (χ1n) is 9.81. The Balaban J connectivity index is 1.45. The van der Waals surface area contributed by atoms with Gasteiger partial charge in [-0.05, 0) is 55.2 Å². The quantitative estimate of drug-likeness (QED) is 0.816. The van der Waals surface area contributed by atoms with Crippen LogP contribution < -0.4 is 10.6 Å². The van der Waals surface area contributed by atoms with Crippen LogP contribution in [0.15, 0.2) is 24.3 Å². The zero-order chi connectivity index (χ0) is 18.3. The maximum Gasteiger partial charge on any atom is 0.237 e. The number of piperidine rings is 1. The van der Waals surface area contributed by atoms with E-state index in [0.717, 1.165) is 11.3 Å². The highest BCUT2D eigenvalue weighted by Gasteiger charge is 2.54. The Bertz CT molecular complexity index is 730. The van der Waals surface area contributed by atoms with Crippen molar-refractivity contribution in [2.24, 2.45) is 17.8 Å². The number of nitrogens with one attached hydrogen (secondary N) is 2. The first kappa shape index (κ1) is 17.3. The van der Waals surface area contributed by atoms with Gasteiger partial charge in [0.15, 0.2) is 0 Å². The second-order valence-electron chi connectivity index (χ2n) is 8.02. The summed E-state index contributed by atoms with van der Waals surface area (Å²) in [7, 11) is 0. The van der Waals surface area contributed by atoms with Crippen molar-refractivity contribution in [3.8, 4) is 0 Å². The van der Waals surface area contributed by atoms with Gasteiger partial charge in [-0.3, -0.25) is 19.7 Å². The molecule has 3 fully saturated rings. The highest BCUT2D eigenvalue weighted by Crippen LogP contribution is 2.55. The zero-order valence-corrected chi connectivity index (χ0v) is 15.2. The van der Waals surface area contributed by atoms with Crippen LogP contribution in [0.25, 0.3) is 0 Å². The number of hydrogen-bond donors (Lipinski definition) is 2. The van der Waals surface area contributed by atoms with E-state index in [-0.39, 0.29) is 23.6 Å². The average Bonchev–Trinajstić information content (AvgIpc) is 3.38. The lowest BCUT2D eigenvalue weighted by molar-refractivity contribution is -0.138.